The lowest BCUT2D eigenvalue weighted by molar-refractivity contribution is 0.232. The van der Waals surface area contributed by atoms with Crippen molar-refractivity contribution in [3.63, 3.8) is 0 Å². The van der Waals surface area contributed by atoms with Crippen molar-refractivity contribution in [3.05, 3.63) is 0 Å². The average molecular weight is 268 g/mol. The van der Waals surface area contributed by atoms with Crippen molar-refractivity contribution >= 4 is 0 Å². The van der Waals surface area contributed by atoms with Crippen molar-refractivity contribution in [2.24, 2.45) is 11.8 Å². The second-order valence-corrected chi connectivity index (χ2v) is 7.15. The molecule has 0 amide bonds. The average Bonchev–Trinajstić information content (AvgIpc) is 2.36. The minimum atomic E-state index is 0.785. The molecule has 0 aromatic carbocycles. The van der Waals surface area contributed by atoms with Gasteiger partial charge in [0.15, 0.2) is 0 Å². The Morgan fingerprint density at radius 2 is 1.84 bits per heavy atom. The molecule has 1 heteroatoms. The Bertz CT molecular complexity index is 212. The topological polar surface area (TPSA) is 12.0 Å². The summed E-state index contributed by atoms with van der Waals surface area (Å²) in [6.45, 7) is 9.38. The van der Waals surface area contributed by atoms with Crippen molar-refractivity contribution in [1.29, 1.82) is 0 Å². The molecule has 1 N–H and O–H groups in total. The van der Waals surface area contributed by atoms with E-state index < -0.39 is 0 Å². The largest absolute Gasteiger partial charge is 0.311 e. The molecule has 0 bridgehead atoms. The Morgan fingerprint density at radius 1 is 1.05 bits per heavy atom. The van der Waals surface area contributed by atoms with Crippen molar-refractivity contribution < 1.29 is 0 Å². The number of unbranched alkanes of at least 4 members (excludes halogenated alkanes) is 1. The highest BCUT2D eigenvalue weighted by atomic mass is 14.9. The number of nitrogens with one attached hydrogen (secondary N) is 1. The third kappa shape index (κ3) is 7.34. The van der Waals surface area contributed by atoms with E-state index in [1.807, 2.05) is 0 Å². The van der Waals surface area contributed by atoms with E-state index in [4.69, 9.17) is 0 Å². The summed E-state index contributed by atoms with van der Waals surface area (Å²) >= 11 is 0. The molecular formula is C18H37N. The van der Waals surface area contributed by atoms with Gasteiger partial charge in [-0.3, -0.25) is 0 Å². The van der Waals surface area contributed by atoms with Crippen molar-refractivity contribution in [1.82, 2.24) is 5.32 Å². The summed E-state index contributed by atoms with van der Waals surface area (Å²) in [6, 6.07) is 1.60. The third-order valence-electron chi connectivity index (χ3n) is 4.60. The zero-order valence-corrected chi connectivity index (χ0v) is 13.9. The maximum Gasteiger partial charge on any atom is 0.00722 e. The van der Waals surface area contributed by atoms with E-state index in [-0.39, 0.29) is 0 Å². The molecule has 0 heterocycles. The summed E-state index contributed by atoms with van der Waals surface area (Å²) in [6.07, 6.45) is 14.0. The molecule has 0 saturated heterocycles. The third-order valence-corrected chi connectivity index (χ3v) is 4.60. The van der Waals surface area contributed by atoms with Gasteiger partial charge in [0.25, 0.3) is 0 Å². The molecule has 3 unspecified atom stereocenters. The van der Waals surface area contributed by atoms with Gasteiger partial charge < -0.3 is 5.32 Å². The molecule has 19 heavy (non-hydrogen) atoms. The molecule has 1 fully saturated rings. The lowest BCUT2D eigenvalue weighted by Crippen LogP contribution is -2.41. The first-order valence-electron chi connectivity index (χ1n) is 8.91. The molecule has 1 aliphatic rings. The molecule has 1 nitrogen and oxygen atoms in total. The molecule has 1 aliphatic carbocycles. The van der Waals surface area contributed by atoms with Crippen LogP contribution in [-0.4, -0.2) is 12.1 Å². The Hall–Kier alpha value is -0.0400. The normalized spacial score (nSPS) is 25.7. The van der Waals surface area contributed by atoms with E-state index in [9.17, 15) is 0 Å². The van der Waals surface area contributed by atoms with E-state index in [0.717, 1.165) is 23.9 Å². The molecule has 0 aromatic rings. The van der Waals surface area contributed by atoms with Crippen LogP contribution in [0.1, 0.15) is 91.9 Å². The Morgan fingerprint density at radius 3 is 2.47 bits per heavy atom. The highest BCUT2D eigenvalue weighted by Gasteiger charge is 2.24. The van der Waals surface area contributed by atoms with Crippen LogP contribution < -0.4 is 5.32 Å². The zero-order chi connectivity index (χ0) is 14.1. The van der Waals surface area contributed by atoms with Crippen LogP contribution in [0.5, 0.6) is 0 Å². The summed E-state index contributed by atoms with van der Waals surface area (Å²) in [7, 11) is 0. The second-order valence-electron chi connectivity index (χ2n) is 7.15. The summed E-state index contributed by atoms with van der Waals surface area (Å²) in [5.74, 6) is 1.86. The second kappa shape index (κ2) is 9.80. The van der Waals surface area contributed by atoms with Gasteiger partial charge in [-0.25, -0.2) is 0 Å². The summed E-state index contributed by atoms with van der Waals surface area (Å²) in [5, 5.41) is 3.99. The maximum absolute atomic E-state index is 3.99. The van der Waals surface area contributed by atoms with E-state index in [1.54, 1.807) is 0 Å². The lowest BCUT2D eigenvalue weighted by Gasteiger charge is -2.33. The quantitative estimate of drug-likeness (QED) is 0.578. The van der Waals surface area contributed by atoms with Crippen LogP contribution >= 0.6 is 0 Å². The Kier molecular flexibility index (Phi) is 8.77. The van der Waals surface area contributed by atoms with Crippen LogP contribution in [-0.2, 0) is 0 Å². The zero-order valence-electron chi connectivity index (χ0n) is 13.9. The predicted octanol–water partition coefficient (Wildman–Crippen LogP) is 5.54. The van der Waals surface area contributed by atoms with Gasteiger partial charge in [-0.15, -0.1) is 0 Å². The SMILES string of the molecule is CCCCC(CCC)NC1CCCC(CC(C)C)C1. The van der Waals surface area contributed by atoms with E-state index in [1.165, 1.54) is 64.2 Å². The van der Waals surface area contributed by atoms with E-state index >= 15 is 0 Å². The molecule has 1 saturated carbocycles. The lowest BCUT2D eigenvalue weighted by atomic mass is 9.80. The first kappa shape index (κ1) is 17.0. The fourth-order valence-electron chi connectivity index (χ4n) is 3.77. The monoisotopic (exact) mass is 267 g/mol. The highest BCUT2D eigenvalue weighted by molar-refractivity contribution is 4.81. The minimum Gasteiger partial charge on any atom is -0.311 e. The molecule has 1 rings (SSSR count). The first-order chi connectivity index (χ1) is 9.15. The predicted molar refractivity (Wildman–Crippen MR) is 86.6 cm³/mol. The van der Waals surface area contributed by atoms with Crippen LogP contribution in [0.15, 0.2) is 0 Å². The summed E-state index contributed by atoms with van der Waals surface area (Å²) in [5.41, 5.74) is 0. The van der Waals surface area contributed by atoms with Gasteiger partial charge in [-0.2, -0.15) is 0 Å². The number of hydrogen-bond acceptors (Lipinski definition) is 1. The number of hydrogen-bond donors (Lipinski definition) is 1. The molecule has 114 valence electrons. The van der Waals surface area contributed by atoms with Gasteiger partial charge in [-0.05, 0) is 43.9 Å². The van der Waals surface area contributed by atoms with Crippen LogP contribution in [0.4, 0.5) is 0 Å². The van der Waals surface area contributed by atoms with Gasteiger partial charge in [-0.1, -0.05) is 59.8 Å². The molecule has 0 spiro atoms. The van der Waals surface area contributed by atoms with Crippen molar-refractivity contribution in [2.75, 3.05) is 0 Å². The van der Waals surface area contributed by atoms with E-state index in [0.29, 0.717) is 0 Å². The summed E-state index contributed by atoms with van der Waals surface area (Å²) in [4.78, 5) is 0. The molecule has 0 aliphatic heterocycles. The van der Waals surface area contributed by atoms with Gasteiger partial charge in [0.1, 0.15) is 0 Å². The van der Waals surface area contributed by atoms with Gasteiger partial charge in [0.05, 0.1) is 0 Å². The Labute approximate surface area is 121 Å². The van der Waals surface area contributed by atoms with Crippen LogP contribution in [0.3, 0.4) is 0 Å². The van der Waals surface area contributed by atoms with Gasteiger partial charge in [0.2, 0.25) is 0 Å². The highest BCUT2D eigenvalue weighted by Crippen LogP contribution is 2.30. The van der Waals surface area contributed by atoms with Gasteiger partial charge in [0, 0.05) is 12.1 Å². The standard InChI is InChI=1S/C18H37N/c1-5-7-11-17(9-6-2)19-18-12-8-10-16(14-18)13-15(3)4/h15-19H,5-14H2,1-4H3. The number of rotatable bonds is 9. The smallest absolute Gasteiger partial charge is 0.00722 e. The van der Waals surface area contributed by atoms with Crippen molar-refractivity contribution in [3.8, 4) is 0 Å². The Balaban J connectivity index is 2.35. The van der Waals surface area contributed by atoms with Crippen LogP contribution in [0.25, 0.3) is 0 Å². The fraction of sp³-hybridized carbons (Fsp3) is 1.00. The molecule has 3 atom stereocenters. The summed E-state index contributed by atoms with van der Waals surface area (Å²) < 4.78 is 0. The molecular weight excluding hydrogens is 230 g/mol. The minimum absolute atomic E-state index is 0.785. The van der Waals surface area contributed by atoms with Gasteiger partial charge >= 0.3 is 0 Å². The molecule has 0 radical (unpaired) electrons. The maximum atomic E-state index is 3.99. The van der Waals surface area contributed by atoms with E-state index in [2.05, 4.69) is 33.0 Å². The van der Waals surface area contributed by atoms with Crippen molar-refractivity contribution in [2.45, 2.75) is 104 Å². The first-order valence-corrected chi connectivity index (χ1v) is 8.91. The van der Waals surface area contributed by atoms with Crippen LogP contribution in [0.2, 0.25) is 0 Å². The molecule has 0 aromatic heterocycles. The van der Waals surface area contributed by atoms with Crippen LogP contribution in [0, 0.1) is 11.8 Å². The fourth-order valence-corrected chi connectivity index (χ4v) is 3.77.